The summed E-state index contributed by atoms with van der Waals surface area (Å²) in [5.74, 6) is 1.04. The van der Waals surface area contributed by atoms with Crippen molar-refractivity contribution >= 4 is 23.2 Å². The Morgan fingerprint density at radius 1 is 1.14 bits per heavy atom. The zero-order valence-electron chi connectivity index (χ0n) is 15.9. The molecule has 6 nitrogen and oxygen atoms in total. The van der Waals surface area contributed by atoms with E-state index in [1.165, 1.54) is 11.8 Å². The van der Waals surface area contributed by atoms with Gasteiger partial charge in [0.05, 0.1) is 24.1 Å². The summed E-state index contributed by atoms with van der Waals surface area (Å²) in [4.78, 5) is 16.7. The van der Waals surface area contributed by atoms with Gasteiger partial charge < -0.3 is 10.1 Å². The number of carbonyl (C=O) groups is 1. The third-order valence-corrected chi connectivity index (χ3v) is 5.41. The molecule has 0 aliphatic heterocycles. The molecule has 146 valence electrons. The van der Waals surface area contributed by atoms with E-state index in [9.17, 15) is 4.79 Å². The second kappa shape index (κ2) is 8.79. The molecule has 0 saturated heterocycles. The van der Waals surface area contributed by atoms with E-state index in [0.29, 0.717) is 6.54 Å². The Hall–Kier alpha value is -3.32. The van der Waals surface area contributed by atoms with Crippen molar-refractivity contribution in [2.75, 3.05) is 12.9 Å². The van der Waals surface area contributed by atoms with Crippen LogP contribution in [0, 0.1) is 0 Å². The first kappa shape index (κ1) is 19.0. The van der Waals surface area contributed by atoms with Crippen LogP contribution in [0.4, 0.5) is 0 Å². The van der Waals surface area contributed by atoms with Crippen molar-refractivity contribution in [3.8, 4) is 17.0 Å². The number of methoxy groups -OCH3 is 1. The standard InChI is InChI=1S/C22H20N4O2S/c1-28-18-9-7-16(8-10-18)14-24-21(27)15-29-22-20-13-19(17-5-3-2-4-6-17)25-26(20)12-11-23-22/h2-13H,14-15H2,1H3,(H,24,27). The molecule has 2 aromatic carbocycles. The number of hydrogen-bond acceptors (Lipinski definition) is 5. The number of nitrogens with zero attached hydrogens (tertiary/aromatic N) is 3. The molecule has 1 N–H and O–H groups in total. The van der Waals surface area contributed by atoms with Gasteiger partial charge in [-0.1, -0.05) is 54.2 Å². The number of carbonyl (C=O) groups excluding carboxylic acids is 1. The highest BCUT2D eigenvalue weighted by molar-refractivity contribution is 8.00. The monoisotopic (exact) mass is 404 g/mol. The minimum atomic E-state index is -0.0441. The Labute approximate surface area is 172 Å². The molecular weight excluding hydrogens is 384 g/mol. The lowest BCUT2D eigenvalue weighted by molar-refractivity contribution is -0.118. The maximum atomic E-state index is 12.3. The summed E-state index contributed by atoms with van der Waals surface area (Å²) >= 11 is 1.40. The normalized spacial score (nSPS) is 10.8. The molecule has 1 amide bonds. The van der Waals surface area contributed by atoms with E-state index in [4.69, 9.17) is 4.74 Å². The molecule has 4 aromatic rings. The first-order chi connectivity index (χ1) is 14.2. The number of thioether (sulfide) groups is 1. The van der Waals surface area contributed by atoms with Gasteiger partial charge in [0.1, 0.15) is 10.8 Å². The zero-order chi connectivity index (χ0) is 20.1. The average Bonchev–Trinajstić information content (AvgIpc) is 3.22. The van der Waals surface area contributed by atoms with Crippen LogP contribution in [0.15, 0.2) is 78.1 Å². The number of amides is 1. The van der Waals surface area contributed by atoms with Crippen molar-refractivity contribution in [3.05, 3.63) is 78.6 Å². The van der Waals surface area contributed by atoms with Crippen LogP contribution < -0.4 is 10.1 Å². The minimum absolute atomic E-state index is 0.0441. The number of hydrogen-bond donors (Lipinski definition) is 1. The lowest BCUT2D eigenvalue weighted by atomic mass is 10.1. The molecule has 0 aliphatic rings. The molecule has 0 aliphatic carbocycles. The number of fused-ring (bicyclic) bond motifs is 1. The fourth-order valence-electron chi connectivity index (χ4n) is 2.89. The van der Waals surface area contributed by atoms with Crippen molar-refractivity contribution in [2.45, 2.75) is 11.6 Å². The number of nitrogens with one attached hydrogen (secondary N) is 1. The summed E-state index contributed by atoms with van der Waals surface area (Å²) < 4.78 is 6.94. The van der Waals surface area contributed by atoms with Gasteiger partial charge in [0, 0.05) is 24.5 Å². The quantitative estimate of drug-likeness (QED) is 0.475. The number of benzene rings is 2. The lowest BCUT2D eigenvalue weighted by Crippen LogP contribution is -2.24. The highest BCUT2D eigenvalue weighted by Gasteiger charge is 2.11. The van der Waals surface area contributed by atoms with E-state index in [-0.39, 0.29) is 11.7 Å². The van der Waals surface area contributed by atoms with Gasteiger partial charge in [-0.2, -0.15) is 5.10 Å². The Kier molecular flexibility index (Phi) is 5.76. The summed E-state index contributed by atoms with van der Waals surface area (Å²) in [6.07, 6.45) is 3.52. The maximum absolute atomic E-state index is 12.3. The summed E-state index contributed by atoms with van der Waals surface area (Å²) in [5.41, 5.74) is 3.83. The van der Waals surface area contributed by atoms with Gasteiger partial charge >= 0.3 is 0 Å². The highest BCUT2D eigenvalue weighted by Crippen LogP contribution is 2.25. The van der Waals surface area contributed by atoms with Crippen LogP contribution in [0.2, 0.25) is 0 Å². The van der Waals surface area contributed by atoms with Crippen LogP contribution in [0.3, 0.4) is 0 Å². The molecule has 2 aromatic heterocycles. The molecule has 0 bridgehead atoms. The van der Waals surface area contributed by atoms with E-state index >= 15 is 0 Å². The fourth-order valence-corrected chi connectivity index (χ4v) is 3.69. The Morgan fingerprint density at radius 3 is 2.69 bits per heavy atom. The minimum Gasteiger partial charge on any atom is -0.497 e. The van der Waals surface area contributed by atoms with Crippen molar-refractivity contribution in [1.82, 2.24) is 19.9 Å². The summed E-state index contributed by atoms with van der Waals surface area (Å²) in [6, 6.07) is 19.6. The Morgan fingerprint density at radius 2 is 1.93 bits per heavy atom. The largest absolute Gasteiger partial charge is 0.497 e. The number of aromatic nitrogens is 3. The molecule has 0 spiro atoms. The van der Waals surface area contributed by atoms with Gasteiger partial charge in [-0.25, -0.2) is 9.50 Å². The molecule has 4 rings (SSSR count). The van der Waals surface area contributed by atoms with Crippen LogP contribution in [0.1, 0.15) is 5.56 Å². The third kappa shape index (κ3) is 4.57. The van der Waals surface area contributed by atoms with Crippen molar-refractivity contribution in [2.24, 2.45) is 0 Å². The predicted molar refractivity (Wildman–Crippen MR) is 114 cm³/mol. The molecule has 2 heterocycles. The average molecular weight is 404 g/mol. The van der Waals surface area contributed by atoms with Crippen molar-refractivity contribution in [3.63, 3.8) is 0 Å². The molecule has 29 heavy (non-hydrogen) atoms. The van der Waals surface area contributed by atoms with E-state index in [2.05, 4.69) is 15.4 Å². The van der Waals surface area contributed by atoms with Gasteiger partial charge in [-0.05, 0) is 23.8 Å². The van der Waals surface area contributed by atoms with Crippen LogP contribution in [-0.2, 0) is 11.3 Å². The van der Waals surface area contributed by atoms with Crippen LogP contribution in [0.5, 0.6) is 5.75 Å². The van der Waals surface area contributed by atoms with Gasteiger partial charge in [0.25, 0.3) is 0 Å². The summed E-state index contributed by atoms with van der Waals surface area (Å²) in [5, 5.41) is 8.33. The Bertz CT molecular complexity index is 1110. The molecule has 0 atom stereocenters. The SMILES string of the molecule is COc1ccc(CNC(=O)CSc2nccn3nc(-c4ccccc4)cc23)cc1. The lowest BCUT2D eigenvalue weighted by Gasteiger charge is -2.06. The number of rotatable bonds is 7. The highest BCUT2D eigenvalue weighted by atomic mass is 32.2. The second-order valence-electron chi connectivity index (χ2n) is 6.37. The molecule has 0 radical (unpaired) electrons. The summed E-state index contributed by atoms with van der Waals surface area (Å²) in [7, 11) is 1.63. The van der Waals surface area contributed by atoms with E-state index in [1.807, 2.05) is 66.9 Å². The predicted octanol–water partition coefficient (Wildman–Crippen LogP) is 3.81. The molecule has 0 unspecified atom stereocenters. The zero-order valence-corrected chi connectivity index (χ0v) is 16.7. The second-order valence-corrected chi connectivity index (χ2v) is 7.34. The van der Waals surface area contributed by atoms with Gasteiger partial charge in [0.2, 0.25) is 5.91 Å². The van der Waals surface area contributed by atoms with Crippen molar-refractivity contribution < 1.29 is 9.53 Å². The first-order valence-electron chi connectivity index (χ1n) is 9.15. The fraction of sp³-hybridized carbons (Fsp3) is 0.136. The molecule has 0 fully saturated rings. The maximum Gasteiger partial charge on any atom is 0.230 e. The number of ether oxygens (including phenoxy) is 1. The summed E-state index contributed by atoms with van der Waals surface area (Å²) in [6.45, 7) is 0.478. The van der Waals surface area contributed by atoms with Gasteiger partial charge in [0.15, 0.2) is 0 Å². The van der Waals surface area contributed by atoms with E-state index in [0.717, 1.165) is 33.1 Å². The Balaban J connectivity index is 1.40. The third-order valence-electron chi connectivity index (χ3n) is 4.41. The van der Waals surface area contributed by atoms with Crippen LogP contribution in [-0.4, -0.2) is 33.4 Å². The smallest absolute Gasteiger partial charge is 0.230 e. The topological polar surface area (TPSA) is 68.5 Å². The van der Waals surface area contributed by atoms with Crippen LogP contribution >= 0.6 is 11.8 Å². The van der Waals surface area contributed by atoms with E-state index < -0.39 is 0 Å². The first-order valence-corrected chi connectivity index (χ1v) is 10.1. The molecule has 7 heteroatoms. The van der Waals surface area contributed by atoms with Crippen molar-refractivity contribution in [1.29, 1.82) is 0 Å². The van der Waals surface area contributed by atoms with E-state index in [1.54, 1.807) is 17.8 Å². The van der Waals surface area contributed by atoms with Crippen LogP contribution in [0.25, 0.3) is 16.8 Å². The van der Waals surface area contributed by atoms with Gasteiger partial charge in [-0.3, -0.25) is 4.79 Å². The molecule has 0 saturated carbocycles. The molecular formula is C22H20N4O2S. The van der Waals surface area contributed by atoms with Gasteiger partial charge in [-0.15, -0.1) is 0 Å².